The third-order valence-corrected chi connectivity index (χ3v) is 3.63. The van der Waals surface area contributed by atoms with Crippen molar-refractivity contribution in [2.75, 3.05) is 0 Å². The third kappa shape index (κ3) is 4.99. The molecule has 0 aromatic heterocycles. The molecular formula is C17H22N2O5. The zero-order valence-electron chi connectivity index (χ0n) is 13.7. The van der Waals surface area contributed by atoms with Gasteiger partial charge in [0.25, 0.3) is 0 Å². The maximum atomic E-state index is 12.3. The van der Waals surface area contributed by atoms with Crippen molar-refractivity contribution >= 4 is 24.6 Å². The zero-order valence-corrected chi connectivity index (χ0v) is 13.7. The highest BCUT2D eigenvalue weighted by Crippen LogP contribution is 2.15. The summed E-state index contributed by atoms with van der Waals surface area (Å²) in [5.74, 6) is -1.96. The van der Waals surface area contributed by atoms with E-state index in [4.69, 9.17) is 5.73 Å². The van der Waals surface area contributed by atoms with Crippen LogP contribution in [-0.2, 0) is 20.8 Å². The minimum atomic E-state index is -1.42. The van der Waals surface area contributed by atoms with Crippen molar-refractivity contribution in [2.24, 2.45) is 11.7 Å². The van der Waals surface area contributed by atoms with Crippen molar-refractivity contribution in [1.82, 2.24) is 4.90 Å². The summed E-state index contributed by atoms with van der Waals surface area (Å²) in [7, 11) is 0. The molecule has 0 aliphatic rings. The Bertz CT molecular complexity index is 615. The van der Waals surface area contributed by atoms with Gasteiger partial charge >= 0.3 is 5.97 Å². The molecule has 0 spiro atoms. The number of aldehydes is 1. The first-order valence-electron chi connectivity index (χ1n) is 7.60. The smallest absolute Gasteiger partial charge is 0.327 e. The van der Waals surface area contributed by atoms with Gasteiger partial charge in [0.1, 0.15) is 12.3 Å². The van der Waals surface area contributed by atoms with Crippen LogP contribution >= 0.6 is 0 Å². The van der Waals surface area contributed by atoms with Crippen molar-refractivity contribution in [1.29, 1.82) is 0 Å². The van der Waals surface area contributed by atoms with E-state index < -0.39 is 24.0 Å². The standard InChI is InChI=1S/C17H22N2O5/c1-11(2)7-14(18)16(22)19(10-21)15(17(23)24)8-12-5-3-4-6-13(12)9-20/h3-6,9-11,14-15H,7-8,18H2,1-2H3,(H,23,24). The van der Waals surface area contributed by atoms with E-state index in [9.17, 15) is 24.3 Å². The van der Waals surface area contributed by atoms with Crippen molar-refractivity contribution in [3.05, 3.63) is 35.4 Å². The molecule has 0 aliphatic carbocycles. The monoisotopic (exact) mass is 334 g/mol. The van der Waals surface area contributed by atoms with Crippen LogP contribution in [-0.4, -0.2) is 46.7 Å². The van der Waals surface area contributed by atoms with E-state index in [1.807, 2.05) is 13.8 Å². The molecule has 0 heterocycles. The highest BCUT2D eigenvalue weighted by molar-refractivity contribution is 5.94. The number of carbonyl (C=O) groups excluding carboxylic acids is 3. The second kappa shape index (κ2) is 8.93. The van der Waals surface area contributed by atoms with E-state index >= 15 is 0 Å². The fourth-order valence-corrected chi connectivity index (χ4v) is 2.43. The van der Waals surface area contributed by atoms with Gasteiger partial charge in [-0.2, -0.15) is 0 Å². The fourth-order valence-electron chi connectivity index (χ4n) is 2.43. The van der Waals surface area contributed by atoms with Gasteiger partial charge in [-0.25, -0.2) is 4.79 Å². The summed E-state index contributed by atoms with van der Waals surface area (Å²) in [5, 5.41) is 9.43. The highest BCUT2D eigenvalue weighted by Gasteiger charge is 2.33. The fraction of sp³-hybridized carbons (Fsp3) is 0.412. The molecule has 1 rings (SSSR count). The van der Waals surface area contributed by atoms with E-state index in [1.54, 1.807) is 24.3 Å². The molecule has 0 fully saturated rings. The molecule has 0 saturated heterocycles. The molecule has 2 unspecified atom stereocenters. The van der Waals surface area contributed by atoms with E-state index in [1.165, 1.54) is 0 Å². The van der Waals surface area contributed by atoms with Crippen molar-refractivity contribution < 1.29 is 24.3 Å². The van der Waals surface area contributed by atoms with Gasteiger partial charge in [-0.15, -0.1) is 0 Å². The van der Waals surface area contributed by atoms with Crippen LogP contribution in [0.4, 0.5) is 0 Å². The van der Waals surface area contributed by atoms with Crippen molar-refractivity contribution in [3.63, 3.8) is 0 Å². The second-order valence-electron chi connectivity index (χ2n) is 5.96. The van der Waals surface area contributed by atoms with Crippen molar-refractivity contribution in [3.8, 4) is 0 Å². The largest absolute Gasteiger partial charge is 0.480 e. The number of carboxylic acid groups (broad SMARTS) is 1. The van der Waals surface area contributed by atoms with Crippen LogP contribution in [0.3, 0.4) is 0 Å². The molecule has 1 aromatic carbocycles. The zero-order chi connectivity index (χ0) is 18.3. The lowest BCUT2D eigenvalue weighted by molar-refractivity contribution is -0.154. The molecule has 7 nitrogen and oxygen atoms in total. The molecule has 0 bridgehead atoms. The Hall–Kier alpha value is -2.54. The van der Waals surface area contributed by atoms with Gasteiger partial charge in [-0.05, 0) is 17.9 Å². The van der Waals surface area contributed by atoms with Gasteiger partial charge < -0.3 is 10.8 Å². The Morgan fingerprint density at radius 3 is 2.38 bits per heavy atom. The highest BCUT2D eigenvalue weighted by atomic mass is 16.4. The molecule has 0 saturated carbocycles. The molecule has 130 valence electrons. The van der Waals surface area contributed by atoms with Gasteiger partial charge in [-0.3, -0.25) is 19.3 Å². The normalized spacial score (nSPS) is 13.2. The number of benzene rings is 1. The summed E-state index contributed by atoms with van der Waals surface area (Å²) in [4.78, 5) is 46.9. The molecule has 2 amide bonds. The molecule has 0 aliphatic heterocycles. The maximum absolute atomic E-state index is 12.3. The first-order chi connectivity index (χ1) is 11.3. The average molecular weight is 334 g/mol. The van der Waals surface area contributed by atoms with Crippen molar-refractivity contribution in [2.45, 2.75) is 38.8 Å². The number of carbonyl (C=O) groups is 4. The van der Waals surface area contributed by atoms with Gasteiger partial charge in [0.05, 0.1) is 6.04 Å². The minimum Gasteiger partial charge on any atom is -0.480 e. The van der Waals surface area contributed by atoms with E-state index in [-0.39, 0.29) is 18.7 Å². The van der Waals surface area contributed by atoms with Crippen LogP contribution in [0.5, 0.6) is 0 Å². The number of hydrogen-bond donors (Lipinski definition) is 2. The summed E-state index contributed by atoms with van der Waals surface area (Å²) in [6.07, 6.45) is 0.959. The lowest BCUT2D eigenvalue weighted by Gasteiger charge is -2.26. The predicted octanol–water partition coefficient (Wildman–Crippen LogP) is 0.853. The summed E-state index contributed by atoms with van der Waals surface area (Å²) in [5.41, 5.74) is 6.54. The molecule has 3 N–H and O–H groups in total. The number of hydrogen-bond acceptors (Lipinski definition) is 5. The summed E-state index contributed by atoms with van der Waals surface area (Å²) in [6.45, 7) is 3.74. The van der Waals surface area contributed by atoms with E-state index in [0.29, 0.717) is 28.7 Å². The predicted molar refractivity (Wildman–Crippen MR) is 87.3 cm³/mol. The Labute approximate surface area is 140 Å². The summed E-state index contributed by atoms with van der Waals surface area (Å²) < 4.78 is 0. The Kier molecular flexibility index (Phi) is 7.26. The lowest BCUT2D eigenvalue weighted by atomic mass is 9.98. The quantitative estimate of drug-likeness (QED) is 0.647. The van der Waals surface area contributed by atoms with Crippen LogP contribution < -0.4 is 5.73 Å². The lowest BCUT2D eigenvalue weighted by Crippen LogP contribution is -2.52. The Morgan fingerprint density at radius 1 is 1.25 bits per heavy atom. The summed E-state index contributed by atoms with van der Waals surface area (Å²) >= 11 is 0. The summed E-state index contributed by atoms with van der Waals surface area (Å²) in [6, 6.07) is 4.04. The van der Waals surface area contributed by atoms with Gasteiger partial charge in [-0.1, -0.05) is 38.1 Å². The average Bonchev–Trinajstić information content (AvgIpc) is 2.53. The number of imide groups is 1. The molecule has 7 heteroatoms. The van der Waals surface area contributed by atoms with Crippen LogP contribution in [0, 0.1) is 5.92 Å². The number of nitrogens with zero attached hydrogens (tertiary/aromatic N) is 1. The Morgan fingerprint density at radius 2 is 1.88 bits per heavy atom. The van der Waals surface area contributed by atoms with E-state index in [0.717, 1.165) is 0 Å². The maximum Gasteiger partial charge on any atom is 0.327 e. The van der Waals surface area contributed by atoms with Crippen LogP contribution in [0.25, 0.3) is 0 Å². The van der Waals surface area contributed by atoms with Gasteiger partial charge in [0, 0.05) is 12.0 Å². The number of nitrogens with two attached hydrogens (primary N) is 1. The van der Waals surface area contributed by atoms with Crippen LogP contribution in [0.2, 0.25) is 0 Å². The molecule has 24 heavy (non-hydrogen) atoms. The molecule has 0 radical (unpaired) electrons. The number of rotatable bonds is 9. The minimum absolute atomic E-state index is 0.122. The van der Waals surface area contributed by atoms with Crippen LogP contribution in [0.15, 0.2) is 24.3 Å². The number of aliphatic carboxylic acids is 1. The molecular weight excluding hydrogens is 312 g/mol. The molecule has 2 atom stereocenters. The molecule has 1 aromatic rings. The SMILES string of the molecule is CC(C)CC(N)C(=O)N(C=O)C(Cc1ccccc1C=O)C(=O)O. The van der Waals surface area contributed by atoms with Gasteiger partial charge in [0.15, 0.2) is 0 Å². The topological polar surface area (TPSA) is 118 Å². The van der Waals surface area contributed by atoms with E-state index in [2.05, 4.69) is 0 Å². The number of carboxylic acids is 1. The second-order valence-corrected chi connectivity index (χ2v) is 5.96. The first-order valence-corrected chi connectivity index (χ1v) is 7.60. The number of amides is 2. The van der Waals surface area contributed by atoms with Gasteiger partial charge in [0.2, 0.25) is 12.3 Å². The Balaban J connectivity index is 3.08. The first kappa shape index (κ1) is 19.5. The third-order valence-electron chi connectivity index (χ3n) is 3.63. The van der Waals surface area contributed by atoms with Crippen LogP contribution in [0.1, 0.15) is 36.2 Å².